The molecule has 0 spiro atoms. The van der Waals surface area contributed by atoms with Crippen LogP contribution in [0.4, 0.5) is 0 Å². The Morgan fingerprint density at radius 2 is 1.88 bits per heavy atom. The Kier molecular flexibility index (Phi) is 12.0. The van der Waals surface area contributed by atoms with Crippen molar-refractivity contribution in [2.75, 3.05) is 12.3 Å². The summed E-state index contributed by atoms with van der Waals surface area (Å²) in [6.07, 6.45) is 9.96. The molecule has 1 fully saturated rings. The van der Waals surface area contributed by atoms with E-state index in [1.54, 1.807) is 0 Å². The molecule has 0 amide bonds. The van der Waals surface area contributed by atoms with Gasteiger partial charge in [-0.2, -0.15) is 11.8 Å². The van der Waals surface area contributed by atoms with Crippen LogP contribution in [0.25, 0.3) is 0 Å². The van der Waals surface area contributed by atoms with E-state index in [0.29, 0.717) is 29.6 Å². The highest BCUT2D eigenvalue weighted by Gasteiger charge is 2.31. The molecule has 150 valence electrons. The molecule has 0 aliphatic heterocycles. The second kappa shape index (κ2) is 13.4. The average Bonchev–Trinajstić information content (AvgIpc) is 2.58. The van der Waals surface area contributed by atoms with Crippen molar-refractivity contribution in [3.8, 4) is 0 Å². The van der Waals surface area contributed by atoms with Crippen LogP contribution in [0.15, 0.2) is 16.3 Å². The second-order valence-corrected chi connectivity index (χ2v) is 9.23. The van der Waals surface area contributed by atoms with Gasteiger partial charge >= 0.3 is 0 Å². The summed E-state index contributed by atoms with van der Waals surface area (Å²) in [4.78, 5) is 17.5. The minimum Gasteiger partial charge on any atom is -0.511 e. The zero-order valence-corrected chi connectivity index (χ0v) is 18.2. The predicted octanol–water partition coefficient (Wildman–Crippen LogP) is 6.52. The number of carbonyl (C=O) groups excluding carboxylic acids is 1. The first-order chi connectivity index (χ1) is 12.5. The van der Waals surface area contributed by atoms with E-state index >= 15 is 0 Å². The van der Waals surface area contributed by atoms with Crippen LogP contribution in [0.2, 0.25) is 0 Å². The topological polar surface area (TPSA) is 49.7 Å². The zero-order chi connectivity index (χ0) is 19.4. The molecule has 0 saturated heterocycles. The van der Waals surface area contributed by atoms with Gasteiger partial charge in [-0.15, -0.1) is 0 Å². The monoisotopic (exact) mass is 381 g/mol. The molecule has 1 rings (SSSR count). The number of nitrogens with zero attached hydrogens (tertiary/aromatic N) is 1. The number of aliphatic hydroxyl groups excluding tert-OH is 1. The molecule has 0 radical (unpaired) electrons. The summed E-state index contributed by atoms with van der Waals surface area (Å²) in [6, 6.07) is 0. The van der Waals surface area contributed by atoms with E-state index in [1.165, 1.54) is 25.7 Å². The molecule has 0 bridgehead atoms. The molecule has 0 aromatic rings. The molecular formula is C22H39NO2S. The lowest BCUT2D eigenvalue weighted by Gasteiger charge is -2.27. The molecule has 0 aromatic carbocycles. The van der Waals surface area contributed by atoms with Gasteiger partial charge in [0.05, 0.1) is 5.57 Å². The third-order valence-corrected chi connectivity index (χ3v) is 6.07. The lowest BCUT2D eigenvalue weighted by Crippen LogP contribution is -2.29. The number of thioether (sulfide) groups is 1. The molecule has 1 aliphatic carbocycles. The van der Waals surface area contributed by atoms with E-state index in [-0.39, 0.29) is 11.5 Å². The molecular weight excluding hydrogens is 342 g/mol. The molecule has 0 aromatic heterocycles. The molecule has 0 unspecified atom stereocenters. The molecule has 3 nitrogen and oxygen atoms in total. The highest BCUT2D eigenvalue weighted by molar-refractivity contribution is 7.99. The van der Waals surface area contributed by atoms with Gasteiger partial charge in [-0.3, -0.25) is 9.79 Å². The number of carbonyl (C=O) groups is 1. The predicted molar refractivity (Wildman–Crippen MR) is 116 cm³/mol. The number of rotatable bonds is 12. The summed E-state index contributed by atoms with van der Waals surface area (Å²) in [7, 11) is 0. The largest absolute Gasteiger partial charge is 0.511 e. The second-order valence-electron chi connectivity index (χ2n) is 7.51. The van der Waals surface area contributed by atoms with Gasteiger partial charge in [0.15, 0.2) is 5.78 Å². The van der Waals surface area contributed by atoms with Gasteiger partial charge in [0.1, 0.15) is 5.76 Å². The molecule has 1 N–H and O–H groups in total. The molecule has 1 aliphatic rings. The summed E-state index contributed by atoms with van der Waals surface area (Å²) in [5.74, 6) is 1.85. The van der Waals surface area contributed by atoms with Crippen LogP contribution in [0.3, 0.4) is 0 Å². The summed E-state index contributed by atoms with van der Waals surface area (Å²) in [5, 5.41) is 11.0. The fourth-order valence-corrected chi connectivity index (χ4v) is 4.70. The molecule has 1 saturated carbocycles. The standard InChI is InChI=1S/C22H39NO2S/c1-5-8-9-10-11-13-23-19-15-18(14-17(4)26-7-3)16-21(25)22(19)20(24)12-6-2/h17-18,24H,5-16H2,1-4H3/t17-,18-/m1/s1. The van der Waals surface area contributed by atoms with Gasteiger partial charge in [-0.25, -0.2) is 0 Å². The fraction of sp³-hybridized carbons (Fsp3) is 0.818. The maximum Gasteiger partial charge on any atom is 0.168 e. The Bertz CT molecular complexity index is 485. The zero-order valence-electron chi connectivity index (χ0n) is 17.4. The van der Waals surface area contributed by atoms with Crippen molar-refractivity contribution in [2.24, 2.45) is 10.9 Å². The lowest BCUT2D eigenvalue weighted by atomic mass is 9.80. The number of hydrogen-bond donors (Lipinski definition) is 1. The van der Waals surface area contributed by atoms with Crippen molar-refractivity contribution in [3.63, 3.8) is 0 Å². The fourth-order valence-electron chi connectivity index (χ4n) is 3.72. The maximum absolute atomic E-state index is 12.7. The van der Waals surface area contributed by atoms with E-state index in [0.717, 1.165) is 43.7 Å². The molecule has 4 heteroatoms. The van der Waals surface area contributed by atoms with Gasteiger partial charge in [0.2, 0.25) is 0 Å². The molecule has 2 atom stereocenters. The summed E-state index contributed by atoms with van der Waals surface area (Å²) in [6.45, 7) is 9.47. The van der Waals surface area contributed by atoms with Crippen LogP contribution < -0.4 is 0 Å². The first kappa shape index (κ1) is 23.3. The van der Waals surface area contributed by atoms with Gasteiger partial charge in [-0.1, -0.05) is 53.4 Å². The molecule has 26 heavy (non-hydrogen) atoms. The van der Waals surface area contributed by atoms with E-state index in [2.05, 4.69) is 20.8 Å². The van der Waals surface area contributed by atoms with Gasteiger partial charge < -0.3 is 5.11 Å². The number of unbranched alkanes of at least 4 members (excludes halogenated alkanes) is 4. The van der Waals surface area contributed by atoms with Crippen LogP contribution in [-0.4, -0.2) is 34.1 Å². The van der Waals surface area contributed by atoms with Crippen molar-refractivity contribution < 1.29 is 9.90 Å². The Balaban J connectivity index is 2.80. The smallest absolute Gasteiger partial charge is 0.168 e. The Hall–Kier alpha value is -0.770. The average molecular weight is 382 g/mol. The lowest BCUT2D eigenvalue weighted by molar-refractivity contribution is -0.116. The van der Waals surface area contributed by atoms with Crippen molar-refractivity contribution >= 4 is 23.3 Å². The van der Waals surface area contributed by atoms with Crippen LogP contribution in [0, 0.1) is 5.92 Å². The first-order valence-electron chi connectivity index (χ1n) is 10.6. The van der Waals surface area contributed by atoms with Gasteiger partial charge in [0, 0.05) is 30.3 Å². The minimum atomic E-state index is 0.102. The van der Waals surface area contributed by atoms with E-state index in [4.69, 9.17) is 4.99 Å². The van der Waals surface area contributed by atoms with Crippen molar-refractivity contribution in [3.05, 3.63) is 11.3 Å². The SMILES string of the molecule is CCCCCCCN=C1C[C@@H](C[C@@H](C)SCC)CC(=O)C1=C(O)CCC. The third kappa shape index (κ3) is 8.28. The Labute approximate surface area is 165 Å². The van der Waals surface area contributed by atoms with E-state index < -0.39 is 0 Å². The van der Waals surface area contributed by atoms with Crippen LogP contribution in [0.1, 0.15) is 91.9 Å². The van der Waals surface area contributed by atoms with Crippen LogP contribution in [-0.2, 0) is 4.79 Å². The van der Waals surface area contributed by atoms with Crippen molar-refractivity contribution in [1.29, 1.82) is 0 Å². The Morgan fingerprint density at radius 3 is 2.54 bits per heavy atom. The van der Waals surface area contributed by atoms with Gasteiger partial charge in [-0.05, 0) is 37.4 Å². The normalized spacial score (nSPS) is 22.7. The quantitative estimate of drug-likeness (QED) is 0.238. The van der Waals surface area contributed by atoms with Crippen LogP contribution in [0.5, 0.6) is 0 Å². The highest BCUT2D eigenvalue weighted by Crippen LogP contribution is 2.32. The van der Waals surface area contributed by atoms with Crippen molar-refractivity contribution in [1.82, 2.24) is 0 Å². The number of aliphatic imine (C=N–C) groups is 1. The number of aliphatic hydroxyl groups is 1. The number of ketones is 1. The highest BCUT2D eigenvalue weighted by atomic mass is 32.2. The van der Waals surface area contributed by atoms with Crippen LogP contribution >= 0.6 is 11.8 Å². The molecule has 0 heterocycles. The summed E-state index contributed by atoms with van der Waals surface area (Å²) < 4.78 is 0. The van der Waals surface area contributed by atoms with Crippen molar-refractivity contribution in [2.45, 2.75) is 97.2 Å². The van der Waals surface area contributed by atoms with Gasteiger partial charge in [0.25, 0.3) is 0 Å². The maximum atomic E-state index is 12.7. The minimum absolute atomic E-state index is 0.102. The number of hydrogen-bond acceptors (Lipinski definition) is 4. The number of Topliss-reactive ketones (excluding diaryl/α,β-unsaturated/α-hetero) is 1. The third-order valence-electron chi connectivity index (χ3n) is 4.98. The van der Waals surface area contributed by atoms with E-state index in [9.17, 15) is 9.90 Å². The van der Waals surface area contributed by atoms with E-state index in [1.807, 2.05) is 18.7 Å². The summed E-state index contributed by atoms with van der Waals surface area (Å²) >= 11 is 1.96. The Morgan fingerprint density at radius 1 is 1.15 bits per heavy atom. The summed E-state index contributed by atoms with van der Waals surface area (Å²) in [5.41, 5.74) is 1.42. The number of allylic oxidation sites excluding steroid dienone is 2. The first-order valence-corrected chi connectivity index (χ1v) is 11.7.